The fourth-order valence-corrected chi connectivity index (χ4v) is 2.10. The van der Waals surface area contributed by atoms with Crippen molar-refractivity contribution in [2.45, 2.75) is 0 Å². The molecule has 0 N–H and O–H groups in total. The molecule has 0 radical (unpaired) electrons. The Labute approximate surface area is 123 Å². The maximum absolute atomic E-state index is 12.1. The Hall–Kier alpha value is -2.87. The number of rotatable bonds is 4. The monoisotopic (exact) mass is 274 g/mol. The molecule has 0 saturated heterocycles. The quantitative estimate of drug-likeness (QED) is 0.503. The lowest BCUT2D eigenvalue weighted by Gasteiger charge is -2.02. The number of ketones is 1. The normalized spacial score (nSPS) is 10.9. The van der Waals surface area contributed by atoms with E-state index in [0.29, 0.717) is 5.56 Å². The molecule has 2 heteroatoms. The summed E-state index contributed by atoms with van der Waals surface area (Å²) in [6, 6.07) is 19.5. The first kappa shape index (κ1) is 13.1. The molecule has 21 heavy (non-hydrogen) atoms. The summed E-state index contributed by atoms with van der Waals surface area (Å²) < 4.78 is 4.95. The summed E-state index contributed by atoms with van der Waals surface area (Å²) in [5.41, 5.74) is 3.80. The van der Waals surface area contributed by atoms with Gasteiger partial charge in [0.05, 0.1) is 12.5 Å². The number of furan rings is 1. The van der Waals surface area contributed by atoms with Crippen molar-refractivity contribution in [2.24, 2.45) is 0 Å². The second kappa shape index (κ2) is 6.06. The fraction of sp³-hybridized carbons (Fsp3) is 0. The van der Waals surface area contributed by atoms with E-state index >= 15 is 0 Å². The van der Waals surface area contributed by atoms with Crippen LogP contribution in [0.4, 0.5) is 0 Å². The van der Waals surface area contributed by atoms with E-state index in [-0.39, 0.29) is 5.78 Å². The predicted octanol–water partition coefficient (Wildman–Crippen LogP) is 4.84. The van der Waals surface area contributed by atoms with E-state index in [1.807, 2.05) is 48.5 Å². The highest BCUT2D eigenvalue weighted by molar-refractivity contribution is 6.07. The SMILES string of the molecule is O=C(/C=C/c1ccoc1)c1ccc(-c2ccccc2)cc1. The van der Waals surface area contributed by atoms with E-state index in [2.05, 4.69) is 12.1 Å². The van der Waals surface area contributed by atoms with Gasteiger partial charge in [0.1, 0.15) is 0 Å². The van der Waals surface area contributed by atoms with E-state index in [1.165, 1.54) is 0 Å². The van der Waals surface area contributed by atoms with Crippen molar-refractivity contribution in [3.05, 3.63) is 90.4 Å². The largest absolute Gasteiger partial charge is 0.472 e. The standard InChI is InChI=1S/C19H14O2/c20-19(11-6-15-12-13-21-14-15)18-9-7-17(8-10-18)16-4-2-1-3-5-16/h1-14H/b11-6+. The third kappa shape index (κ3) is 3.18. The highest BCUT2D eigenvalue weighted by Gasteiger charge is 2.03. The van der Waals surface area contributed by atoms with E-state index in [4.69, 9.17) is 4.42 Å². The lowest BCUT2D eigenvalue weighted by atomic mass is 10.0. The molecule has 0 bridgehead atoms. The molecule has 0 fully saturated rings. The van der Waals surface area contributed by atoms with Gasteiger partial charge in [0, 0.05) is 11.1 Å². The van der Waals surface area contributed by atoms with Crippen LogP contribution in [-0.2, 0) is 0 Å². The summed E-state index contributed by atoms with van der Waals surface area (Å²) in [4.78, 5) is 12.1. The Morgan fingerprint density at radius 2 is 1.57 bits per heavy atom. The number of benzene rings is 2. The van der Waals surface area contributed by atoms with Crippen molar-refractivity contribution in [1.29, 1.82) is 0 Å². The number of carbonyl (C=O) groups excluding carboxylic acids is 1. The zero-order valence-corrected chi connectivity index (χ0v) is 11.4. The first-order valence-electron chi connectivity index (χ1n) is 6.73. The van der Waals surface area contributed by atoms with E-state index < -0.39 is 0 Å². The summed E-state index contributed by atoms with van der Waals surface area (Å²) in [7, 11) is 0. The molecule has 1 heterocycles. The second-order valence-corrected chi connectivity index (χ2v) is 4.70. The maximum Gasteiger partial charge on any atom is 0.185 e. The molecule has 0 unspecified atom stereocenters. The topological polar surface area (TPSA) is 30.2 Å². The molecule has 0 aliphatic heterocycles. The van der Waals surface area contributed by atoms with E-state index in [0.717, 1.165) is 16.7 Å². The highest BCUT2D eigenvalue weighted by atomic mass is 16.3. The van der Waals surface area contributed by atoms with Crippen molar-refractivity contribution in [2.75, 3.05) is 0 Å². The smallest absolute Gasteiger partial charge is 0.185 e. The van der Waals surface area contributed by atoms with Gasteiger partial charge in [-0.2, -0.15) is 0 Å². The van der Waals surface area contributed by atoms with Crippen LogP contribution in [0, 0.1) is 0 Å². The Balaban J connectivity index is 1.76. The van der Waals surface area contributed by atoms with Crippen LogP contribution in [0.2, 0.25) is 0 Å². The minimum absolute atomic E-state index is 0.0178. The van der Waals surface area contributed by atoms with Crippen LogP contribution < -0.4 is 0 Å². The number of hydrogen-bond acceptors (Lipinski definition) is 2. The van der Waals surface area contributed by atoms with E-state index in [1.54, 1.807) is 24.7 Å². The maximum atomic E-state index is 12.1. The summed E-state index contributed by atoms with van der Waals surface area (Å²) in [5.74, 6) is -0.0178. The third-order valence-corrected chi connectivity index (χ3v) is 3.25. The number of allylic oxidation sites excluding steroid dienone is 1. The molecular weight excluding hydrogens is 260 g/mol. The lowest BCUT2D eigenvalue weighted by molar-refractivity contribution is 0.104. The summed E-state index contributed by atoms with van der Waals surface area (Å²) in [5, 5.41) is 0. The zero-order valence-electron chi connectivity index (χ0n) is 11.4. The fourth-order valence-electron chi connectivity index (χ4n) is 2.10. The zero-order chi connectivity index (χ0) is 14.5. The molecule has 0 aliphatic rings. The molecule has 0 amide bonds. The van der Waals surface area contributed by atoms with Crippen LogP contribution in [0.5, 0.6) is 0 Å². The Morgan fingerprint density at radius 3 is 2.24 bits per heavy atom. The van der Waals surface area contributed by atoms with Gasteiger partial charge in [-0.1, -0.05) is 54.6 Å². The van der Waals surface area contributed by atoms with Crippen LogP contribution in [0.3, 0.4) is 0 Å². The van der Waals surface area contributed by atoms with Gasteiger partial charge in [-0.25, -0.2) is 0 Å². The lowest BCUT2D eigenvalue weighted by Crippen LogP contribution is -1.93. The van der Waals surface area contributed by atoms with Crippen molar-refractivity contribution >= 4 is 11.9 Å². The molecule has 3 aromatic rings. The third-order valence-electron chi connectivity index (χ3n) is 3.25. The first-order chi connectivity index (χ1) is 10.3. The van der Waals surface area contributed by atoms with Gasteiger partial charge in [-0.05, 0) is 29.3 Å². The van der Waals surface area contributed by atoms with Crippen LogP contribution in [0.1, 0.15) is 15.9 Å². The van der Waals surface area contributed by atoms with Gasteiger partial charge < -0.3 is 4.42 Å². The second-order valence-electron chi connectivity index (χ2n) is 4.70. The van der Waals surface area contributed by atoms with Gasteiger partial charge in [0.2, 0.25) is 0 Å². The van der Waals surface area contributed by atoms with Gasteiger partial charge in [0.25, 0.3) is 0 Å². The molecule has 2 nitrogen and oxygen atoms in total. The first-order valence-corrected chi connectivity index (χ1v) is 6.73. The van der Waals surface area contributed by atoms with Crippen LogP contribution in [0.15, 0.2) is 83.7 Å². The van der Waals surface area contributed by atoms with Crippen molar-refractivity contribution in [1.82, 2.24) is 0 Å². The van der Waals surface area contributed by atoms with Gasteiger partial charge in [-0.3, -0.25) is 4.79 Å². The average molecular weight is 274 g/mol. The summed E-state index contributed by atoms with van der Waals surface area (Å²) >= 11 is 0. The molecule has 102 valence electrons. The predicted molar refractivity (Wildman–Crippen MR) is 84.0 cm³/mol. The Bertz CT molecular complexity index is 736. The molecule has 3 rings (SSSR count). The number of hydrogen-bond donors (Lipinski definition) is 0. The number of carbonyl (C=O) groups is 1. The minimum atomic E-state index is -0.0178. The van der Waals surface area contributed by atoms with Gasteiger partial charge in [0.15, 0.2) is 5.78 Å². The molecule has 0 aliphatic carbocycles. The van der Waals surface area contributed by atoms with Crippen molar-refractivity contribution < 1.29 is 9.21 Å². The van der Waals surface area contributed by atoms with Gasteiger partial charge >= 0.3 is 0 Å². The average Bonchev–Trinajstić information content (AvgIpc) is 3.07. The molecular formula is C19H14O2. The molecule has 0 atom stereocenters. The van der Waals surface area contributed by atoms with E-state index in [9.17, 15) is 4.79 Å². The highest BCUT2D eigenvalue weighted by Crippen LogP contribution is 2.19. The minimum Gasteiger partial charge on any atom is -0.472 e. The Kier molecular flexibility index (Phi) is 3.79. The summed E-state index contributed by atoms with van der Waals surface area (Å²) in [6.45, 7) is 0. The van der Waals surface area contributed by atoms with Crippen molar-refractivity contribution in [3.63, 3.8) is 0 Å². The van der Waals surface area contributed by atoms with Gasteiger partial charge in [-0.15, -0.1) is 0 Å². The Morgan fingerprint density at radius 1 is 0.857 bits per heavy atom. The molecule has 0 spiro atoms. The summed E-state index contributed by atoms with van der Waals surface area (Å²) in [6.07, 6.45) is 6.49. The van der Waals surface area contributed by atoms with Crippen LogP contribution >= 0.6 is 0 Å². The van der Waals surface area contributed by atoms with Crippen LogP contribution in [-0.4, -0.2) is 5.78 Å². The molecule has 0 saturated carbocycles. The van der Waals surface area contributed by atoms with Crippen molar-refractivity contribution in [3.8, 4) is 11.1 Å². The molecule has 1 aromatic heterocycles. The molecule has 2 aromatic carbocycles. The van der Waals surface area contributed by atoms with Crippen LogP contribution in [0.25, 0.3) is 17.2 Å².